The monoisotopic (exact) mass is 342 g/mol. The van der Waals surface area contributed by atoms with Crippen molar-refractivity contribution >= 4 is 0 Å². The van der Waals surface area contributed by atoms with Gasteiger partial charge in [0.2, 0.25) is 0 Å². The lowest BCUT2D eigenvalue weighted by Crippen LogP contribution is -2.44. The first-order chi connectivity index (χ1) is 11.5. The molecule has 0 spiro atoms. The van der Waals surface area contributed by atoms with Crippen molar-refractivity contribution in [3.8, 4) is 0 Å². The second-order valence-corrected chi connectivity index (χ2v) is 6.33. The maximum atomic E-state index is 14.2. The number of ether oxygens (including phenoxy) is 2. The number of rotatable bonds is 8. The van der Waals surface area contributed by atoms with Gasteiger partial charge in [-0.25, -0.2) is 13.2 Å². The first-order valence-corrected chi connectivity index (χ1v) is 8.48. The lowest BCUT2D eigenvalue weighted by molar-refractivity contribution is -0.236. The van der Waals surface area contributed by atoms with E-state index in [4.69, 9.17) is 9.47 Å². The van der Waals surface area contributed by atoms with Gasteiger partial charge in [-0.2, -0.15) is 0 Å². The van der Waals surface area contributed by atoms with E-state index in [1.165, 1.54) is 0 Å². The second kappa shape index (κ2) is 8.67. The lowest BCUT2D eigenvalue weighted by atomic mass is 10.0. The van der Waals surface area contributed by atoms with Gasteiger partial charge in [0.05, 0.1) is 13.2 Å². The van der Waals surface area contributed by atoms with Crippen LogP contribution in [0.2, 0.25) is 0 Å². The van der Waals surface area contributed by atoms with Crippen LogP contribution in [0.5, 0.6) is 0 Å². The molecule has 0 aromatic heterocycles. The molecule has 0 radical (unpaired) electrons. The molecule has 134 valence electrons. The van der Waals surface area contributed by atoms with Crippen LogP contribution in [0.3, 0.4) is 0 Å². The SMILES string of the molecule is C=CCCc1ccc(CCC2OCC(F)(CCC)CO2)c(F)c1F. The fraction of sp³-hybridized carbons (Fsp3) is 0.579. The third-order valence-corrected chi connectivity index (χ3v) is 4.26. The average molecular weight is 342 g/mol. The smallest absolute Gasteiger partial charge is 0.162 e. The molecule has 0 unspecified atom stereocenters. The van der Waals surface area contributed by atoms with Crippen molar-refractivity contribution < 1.29 is 22.6 Å². The molecule has 5 heteroatoms. The third kappa shape index (κ3) is 4.84. The van der Waals surface area contributed by atoms with Crippen molar-refractivity contribution in [2.75, 3.05) is 13.2 Å². The Kier molecular flexibility index (Phi) is 6.87. The Morgan fingerprint density at radius 1 is 1.17 bits per heavy atom. The summed E-state index contributed by atoms with van der Waals surface area (Å²) in [6, 6.07) is 3.20. The zero-order valence-electron chi connectivity index (χ0n) is 14.1. The van der Waals surface area contributed by atoms with Gasteiger partial charge in [0.1, 0.15) is 0 Å². The van der Waals surface area contributed by atoms with Crippen LogP contribution in [-0.4, -0.2) is 25.2 Å². The van der Waals surface area contributed by atoms with E-state index in [2.05, 4.69) is 6.58 Å². The van der Waals surface area contributed by atoms with Crippen LogP contribution >= 0.6 is 0 Å². The van der Waals surface area contributed by atoms with Crippen LogP contribution in [-0.2, 0) is 22.3 Å². The quantitative estimate of drug-likeness (QED) is 0.626. The van der Waals surface area contributed by atoms with Crippen molar-refractivity contribution in [1.82, 2.24) is 0 Å². The van der Waals surface area contributed by atoms with Crippen molar-refractivity contribution in [3.05, 3.63) is 47.5 Å². The van der Waals surface area contributed by atoms with Gasteiger partial charge in [-0.05, 0) is 36.8 Å². The van der Waals surface area contributed by atoms with Gasteiger partial charge in [-0.3, -0.25) is 0 Å². The average Bonchev–Trinajstić information content (AvgIpc) is 2.57. The van der Waals surface area contributed by atoms with Crippen molar-refractivity contribution in [2.45, 2.75) is 57.4 Å². The van der Waals surface area contributed by atoms with Gasteiger partial charge in [-0.1, -0.05) is 31.6 Å². The van der Waals surface area contributed by atoms with Gasteiger partial charge in [0.25, 0.3) is 0 Å². The van der Waals surface area contributed by atoms with Gasteiger partial charge in [0.15, 0.2) is 23.6 Å². The summed E-state index contributed by atoms with van der Waals surface area (Å²) in [4.78, 5) is 0. The zero-order valence-corrected chi connectivity index (χ0v) is 14.1. The maximum absolute atomic E-state index is 14.2. The molecule has 1 saturated heterocycles. The first-order valence-electron chi connectivity index (χ1n) is 8.48. The molecule has 0 bridgehead atoms. The van der Waals surface area contributed by atoms with E-state index in [-0.39, 0.29) is 25.2 Å². The Balaban J connectivity index is 1.89. The minimum atomic E-state index is -1.44. The van der Waals surface area contributed by atoms with Crippen LogP contribution in [0.15, 0.2) is 24.8 Å². The summed E-state index contributed by atoms with van der Waals surface area (Å²) in [5.74, 6) is -1.62. The highest BCUT2D eigenvalue weighted by Crippen LogP contribution is 2.27. The predicted molar refractivity (Wildman–Crippen MR) is 87.6 cm³/mol. The number of benzene rings is 1. The predicted octanol–water partition coefficient (Wildman–Crippen LogP) is 4.90. The molecule has 1 aliphatic heterocycles. The molecule has 24 heavy (non-hydrogen) atoms. The first kappa shape index (κ1) is 19.0. The molecular weight excluding hydrogens is 317 g/mol. The lowest BCUT2D eigenvalue weighted by Gasteiger charge is -2.34. The van der Waals surface area contributed by atoms with E-state index in [1.54, 1.807) is 18.2 Å². The van der Waals surface area contributed by atoms with E-state index in [1.807, 2.05) is 6.92 Å². The number of halogens is 3. The number of allylic oxidation sites excluding steroid dienone is 1. The standard InChI is InChI=1S/C19H25F3O2/c1-3-5-6-14-7-8-15(18(21)17(14)20)9-10-16-23-12-19(22,11-4-2)13-24-16/h3,7-8,16H,1,4-6,9-13H2,2H3. The maximum Gasteiger partial charge on any atom is 0.162 e. The topological polar surface area (TPSA) is 18.5 Å². The molecule has 2 nitrogen and oxygen atoms in total. The van der Waals surface area contributed by atoms with Gasteiger partial charge < -0.3 is 9.47 Å². The van der Waals surface area contributed by atoms with E-state index in [0.29, 0.717) is 31.2 Å². The van der Waals surface area contributed by atoms with E-state index < -0.39 is 23.6 Å². The van der Waals surface area contributed by atoms with Crippen LogP contribution in [0.1, 0.15) is 43.7 Å². The van der Waals surface area contributed by atoms with E-state index >= 15 is 0 Å². The Morgan fingerprint density at radius 3 is 2.29 bits per heavy atom. The molecule has 0 saturated carbocycles. The van der Waals surface area contributed by atoms with Crippen LogP contribution in [0, 0.1) is 11.6 Å². The number of aryl methyl sites for hydroxylation is 2. The molecule has 1 fully saturated rings. The number of hydrogen-bond acceptors (Lipinski definition) is 2. The Morgan fingerprint density at radius 2 is 1.75 bits per heavy atom. The van der Waals surface area contributed by atoms with Crippen LogP contribution in [0.25, 0.3) is 0 Å². The summed E-state index contributed by atoms with van der Waals surface area (Å²) >= 11 is 0. The molecule has 2 rings (SSSR count). The number of hydrogen-bond donors (Lipinski definition) is 0. The minimum absolute atomic E-state index is 0.0111. The summed E-state index contributed by atoms with van der Waals surface area (Å²) in [6.45, 7) is 5.46. The zero-order chi connectivity index (χ0) is 17.6. The summed E-state index contributed by atoms with van der Waals surface area (Å²) in [5, 5.41) is 0. The summed E-state index contributed by atoms with van der Waals surface area (Å²) in [7, 11) is 0. The minimum Gasteiger partial charge on any atom is -0.349 e. The van der Waals surface area contributed by atoms with Gasteiger partial charge in [0, 0.05) is 6.42 Å². The Hall–Kier alpha value is -1.33. The van der Waals surface area contributed by atoms with E-state index in [9.17, 15) is 13.2 Å². The fourth-order valence-electron chi connectivity index (χ4n) is 2.88. The van der Waals surface area contributed by atoms with Gasteiger partial charge >= 0.3 is 0 Å². The second-order valence-electron chi connectivity index (χ2n) is 6.33. The van der Waals surface area contributed by atoms with Crippen LogP contribution in [0.4, 0.5) is 13.2 Å². The Bertz CT molecular complexity index is 552. The molecule has 0 aliphatic carbocycles. The molecule has 1 aromatic rings. The molecule has 0 atom stereocenters. The summed E-state index contributed by atoms with van der Waals surface area (Å²) in [6.07, 6.45) is 3.88. The van der Waals surface area contributed by atoms with Crippen molar-refractivity contribution in [1.29, 1.82) is 0 Å². The molecule has 0 N–H and O–H groups in total. The molecule has 0 amide bonds. The largest absolute Gasteiger partial charge is 0.349 e. The van der Waals surface area contributed by atoms with Crippen LogP contribution < -0.4 is 0 Å². The highest BCUT2D eigenvalue weighted by atomic mass is 19.2. The fourth-order valence-corrected chi connectivity index (χ4v) is 2.88. The van der Waals surface area contributed by atoms with Crippen molar-refractivity contribution in [3.63, 3.8) is 0 Å². The molecular formula is C19H25F3O2. The van der Waals surface area contributed by atoms with Crippen molar-refractivity contribution in [2.24, 2.45) is 0 Å². The summed E-state index contributed by atoms with van der Waals surface area (Å²) < 4.78 is 53.1. The van der Waals surface area contributed by atoms with Gasteiger partial charge in [-0.15, -0.1) is 6.58 Å². The molecule has 1 heterocycles. The Labute approximate surface area is 141 Å². The normalized spacial score (nSPS) is 24.1. The third-order valence-electron chi connectivity index (χ3n) is 4.26. The molecule has 1 aliphatic rings. The summed E-state index contributed by atoms with van der Waals surface area (Å²) in [5.41, 5.74) is -0.800. The molecule has 1 aromatic carbocycles. The van der Waals surface area contributed by atoms with E-state index in [0.717, 1.165) is 6.42 Å². The highest BCUT2D eigenvalue weighted by Gasteiger charge is 2.36. The number of alkyl halides is 1. The highest BCUT2D eigenvalue weighted by molar-refractivity contribution is 5.27.